The van der Waals surface area contributed by atoms with E-state index in [-0.39, 0.29) is 0 Å². The maximum Gasteiger partial charge on any atom is 0.122 e. The average molecular weight is 293 g/mol. The van der Waals surface area contributed by atoms with Gasteiger partial charge in [-0.2, -0.15) is 0 Å². The second-order valence-corrected chi connectivity index (χ2v) is 5.69. The number of aryl methyl sites for hydroxylation is 1. The molecular formula is C17H27NO3. The molecule has 0 aromatic heterocycles. The summed E-state index contributed by atoms with van der Waals surface area (Å²) in [6, 6.07) is 7.89. The zero-order valence-electron chi connectivity index (χ0n) is 13.1. The fraction of sp³-hybridized carbons (Fsp3) is 0.647. The number of hydrogen-bond acceptors (Lipinski definition) is 4. The van der Waals surface area contributed by atoms with Gasteiger partial charge in [-0.3, -0.25) is 0 Å². The van der Waals surface area contributed by atoms with E-state index in [2.05, 4.69) is 4.90 Å². The molecule has 0 spiro atoms. The second kappa shape index (κ2) is 8.37. The lowest BCUT2D eigenvalue weighted by Crippen LogP contribution is -2.42. The number of nitrogens with zero attached hydrogens (tertiary/aromatic N) is 1. The lowest BCUT2D eigenvalue weighted by Gasteiger charge is -2.32. The van der Waals surface area contributed by atoms with E-state index in [1.54, 1.807) is 0 Å². The number of β-amino-alcohol motifs (C(OH)–C–C–N with tert-alkyl or cyclic N) is 1. The van der Waals surface area contributed by atoms with Crippen molar-refractivity contribution in [2.24, 2.45) is 0 Å². The van der Waals surface area contributed by atoms with Gasteiger partial charge in [0.25, 0.3) is 0 Å². The van der Waals surface area contributed by atoms with Gasteiger partial charge in [-0.15, -0.1) is 0 Å². The second-order valence-electron chi connectivity index (χ2n) is 5.69. The van der Waals surface area contributed by atoms with Crippen molar-refractivity contribution < 1.29 is 14.6 Å². The maximum absolute atomic E-state index is 10.1. The number of aliphatic hydroxyl groups excluding tert-OH is 1. The Balaban J connectivity index is 1.68. The number of rotatable bonds is 7. The molecule has 118 valence electrons. The van der Waals surface area contributed by atoms with E-state index >= 15 is 0 Å². The van der Waals surface area contributed by atoms with Gasteiger partial charge in [-0.05, 0) is 38.3 Å². The monoisotopic (exact) mass is 293 g/mol. The summed E-state index contributed by atoms with van der Waals surface area (Å²) in [7, 11) is 0. The summed E-state index contributed by atoms with van der Waals surface area (Å²) in [4.78, 5) is 2.29. The van der Waals surface area contributed by atoms with Crippen LogP contribution in [0.15, 0.2) is 24.3 Å². The van der Waals surface area contributed by atoms with Crippen LogP contribution in [0.2, 0.25) is 0 Å². The Morgan fingerprint density at radius 2 is 2.00 bits per heavy atom. The topological polar surface area (TPSA) is 41.9 Å². The molecule has 0 radical (unpaired) electrons. The Kier molecular flexibility index (Phi) is 6.49. The SMILES string of the molecule is CCOC1CCN(CC(O)COc2ccccc2C)CC1. The Morgan fingerprint density at radius 1 is 1.29 bits per heavy atom. The molecule has 1 aromatic rings. The molecule has 1 unspecified atom stereocenters. The number of piperidine rings is 1. The van der Waals surface area contributed by atoms with Gasteiger partial charge in [0.1, 0.15) is 18.5 Å². The normalized spacial score (nSPS) is 18.6. The van der Waals surface area contributed by atoms with Crippen molar-refractivity contribution in [3.63, 3.8) is 0 Å². The fourth-order valence-corrected chi connectivity index (χ4v) is 2.75. The first-order chi connectivity index (χ1) is 10.2. The van der Waals surface area contributed by atoms with Gasteiger partial charge in [0.15, 0.2) is 0 Å². The molecule has 1 fully saturated rings. The minimum absolute atomic E-state index is 0.343. The Labute approximate surface area is 127 Å². The third kappa shape index (κ3) is 5.30. The van der Waals surface area contributed by atoms with Crippen molar-refractivity contribution >= 4 is 0 Å². The van der Waals surface area contributed by atoms with Crippen LogP contribution in [-0.2, 0) is 4.74 Å². The quantitative estimate of drug-likeness (QED) is 0.837. The predicted molar refractivity (Wildman–Crippen MR) is 83.8 cm³/mol. The third-order valence-electron chi connectivity index (χ3n) is 3.93. The number of likely N-dealkylation sites (tertiary alicyclic amines) is 1. The average Bonchev–Trinajstić information content (AvgIpc) is 2.49. The molecule has 2 rings (SSSR count). The number of para-hydroxylation sites is 1. The number of ether oxygens (including phenoxy) is 2. The molecule has 21 heavy (non-hydrogen) atoms. The number of hydrogen-bond donors (Lipinski definition) is 1. The highest BCUT2D eigenvalue weighted by molar-refractivity contribution is 5.31. The van der Waals surface area contributed by atoms with Crippen molar-refractivity contribution in [1.82, 2.24) is 4.90 Å². The molecule has 4 nitrogen and oxygen atoms in total. The molecule has 4 heteroatoms. The first-order valence-corrected chi connectivity index (χ1v) is 7.89. The molecule has 1 saturated heterocycles. The molecular weight excluding hydrogens is 266 g/mol. The molecule has 1 aromatic carbocycles. The summed E-state index contributed by atoms with van der Waals surface area (Å²) < 4.78 is 11.3. The predicted octanol–water partition coefficient (Wildman–Crippen LogP) is 2.24. The molecule has 1 aliphatic heterocycles. The van der Waals surface area contributed by atoms with Gasteiger partial charge in [0.05, 0.1) is 6.10 Å². The van der Waals surface area contributed by atoms with Gasteiger partial charge < -0.3 is 19.5 Å². The summed E-state index contributed by atoms with van der Waals surface area (Å²) in [6.07, 6.45) is 2.05. The van der Waals surface area contributed by atoms with E-state index in [4.69, 9.17) is 9.47 Å². The maximum atomic E-state index is 10.1. The van der Waals surface area contributed by atoms with Gasteiger partial charge in [-0.1, -0.05) is 18.2 Å². The highest BCUT2D eigenvalue weighted by atomic mass is 16.5. The first-order valence-electron chi connectivity index (χ1n) is 7.89. The Bertz CT molecular complexity index is 416. The Morgan fingerprint density at radius 3 is 2.67 bits per heavy atom. The van der Waals surface area contributed by atoms with E-state index in [1.165, 1.54) is 0 Å². The number of aliphatic hydroxyl groups is 1. The summed E-state index contributed by atoms with van der Waals surface area (Å²) in [6.45, 7) is 7.84. The van der Waals surface area contributed by atoms with E-state index in [1.807, 2.05) is 38.1 Å². The molecule has 0 saturated carbocycles. The van der Waals surface area contributed by atoms with Gasteiger partial charge in [-0.25, -0.2) is 0 Å². The van der Waals surface area contributed by atoms with Crippen molar-refractivity contribution in [3.05, 3.63) is 29.8 Å². The molecule has 1 atom stereocenters. The molecule has 1 aliphatic rings. The van der Waals surface area contributed by atoms with Crippen molar-refractivity contribution in [2.75, 3.05) is 32.8 Å². The molecule has 0 aliphatic carbocycles. The van der Waals surface area contributed by atoms with Gasteiger partial charge in [0.2, 0.25) is 0 Å². The van der Waals surface area contributed by atoms with Gasteiger partial charge in [0, 0.05) is 26.2 Å². The van der Waals surface area contributed by atoms with E-state index < -0.39 is 6.10 Å². The minimum atomic E-state index is -0.451. The summed E-state index contributed by atoms with van der Waals surface area (Å²) in [5.41, 5.74) is 1.10. The zero-order valence-corrected chi connectivity index (χ0v) is 13.1. The molecule has 0 amide bonds. The van der Waals surface area contributed by atoms with Crippen LogP contribution in [0.1, 0.15) is 25.3 Å². The van der Waals surface area contributed by atoms with E-state index in [0.29, 0.717) is 19.3 Å². The summed E-state index contributed by atoms with van der Waals surface area (Å²) in [5.74, 6) is 0.853. The lowest BCUT2D eigenvalue weighted by molar-refractivity contribution is -0.00188. The molecule has 1 heterocycles. The third-order valence-corrected chi connectivity index (χ3v) is 3.93. The molecule has 1 N–H and O–H groups in total. The van der Waals surface area contributed by atoms with E-state index in [0.717, 1.165) is 43.9 Å². The van der Waals surface area contributed by atoms with Crippen LogP contribution in [0.5, 0.6) is 5.75 Å². The fourth-order valence-electron chi connectivity index (χ4n) is 2.75. The van der Waals surface area contributed by atoms with Crippen LogP contribution in [-0.4, -0.2) is 55.1 Å². The molecule has 0 bridgehead atoms. The van der Waals surface area contributed by atoms with Crippen LogP contribution >= 0.6 is 0 Å². The summed E-state index contributed by atoms with van der Waals surface area (Å²) in [5, 5.41) is 10.1. The van der Waals surface area contributed by atoms with Crippen molar-refractivity contribution in [2.45, 2.75) is 38.9 Å². The van der Waals surface area contributed by atoms with Crippen molar-refractivity contribution in [3.8, 4) is 5.75 Å². The van der Waals surface area contributed by atoms with Crippen molar-refractivity contribution in [1.29, 1.82) is 0 Å². The largest absolute Gasteiger partial charge is 0.491 e. The smallest absolute Gasteiger partial charge is 0.122 e. The minimum Gasteiger partial charge on any atom is -0.491 e. The zero-order chi connectivity index (χ0) is 15.1. The number of benzene rings is 1. The lowest BCUT2D eigenvalue weighted by atomic mass is 10.1. The van der Waals surface area contributed by atoms with E-state index in [9.17, 15) is 5.11 Å². The van der Waals surface area contributed by atoms with Crippen LogP contribution in [0.4, 0.5) is 0 Å². The Hall–Kier alpha value is -1.10. The highest BCUT2D eigenvalue weighted by Gasteiger charge is 2.21. The van der Waals surface area contributed by atoms with Crippen LogP contribution in [0, 0.1) is 6.92 Å². The standard InChI is InChI=1S/C17H27NO3/c1-3-20-16-8-10-18(11-9-16)12-15(19)13-21-17-7-5-4-6-14(17)2/h4-7,15-16,19H,3,8-13H2,1-2H3. The summed E-state index contributed by atoms with van der Waals surface area (Å²) >= 11 is 0. The first kappa shape index (κ1) is 16.3. The van der Waals surface area contributed by atoms with Gasteiger partial charge >= 0.3 is 0 Å². The highest BCUT2D eigenvalue weighted by Crippen LogP contribution is 2.17. The van der Waals surface area contributed by atoms with Crippen LogP contribution < -0.4 is 4.74 Å². The van der Waals surface area contributed by atoms with Crippen LogP contribution in [0.3, 0.4) is 0 Å². The van der Waals surface area contributed by atoms with Crippen LogP contribution in [0.25, 0.3) is 0 Å².